The van der Waals surface area contributed by atoms with Crippen LogP contribution < -0.4 is 5.32 Å². The molecule has 1 rings (SSSR count). The van der Waals surface area contributed by atoms with Crippen molar-refractivity contribution in [3.05, 3.63) is 0 Å². The number of carbonyl (C=O) groups is 1. The smallest absolute Gasteiger partial charge is 0.232 e. The van der Waals surface area contributed by atoms with Crippen molar-refractivity contribution >= 4 is 17.7 Å². The Morgan fingerprint density at radius 3 is 2.78 bits per heavy atom. The van der Waals surface area contributed by atoms with Gasteiger partial charge in [0, 0.05) is 38.0 Å². The maximum atomic E-state index is 12.1. The molecular weight excluding hydrogens is 246 g/mol. The molecule has 0 aromatic carbocycles. The highest BCUT2D eigenvalue weighted by Gasteiger charge is 2.22. The second kappa shape index (κ2) is 8.77. The number of piperazine rings is 1. The van der Waals surface area contributed by atoms with E-state index in [1.165, 1.54) is 0 Å². The molecule has 0 aromatic heterocycles. The molecule has 0 aromatic rings. The van der Waals surface area contributed by atoms with Crippen LogP contribution in [0.3, 0.4) is 0 Å². The molecule has 18 heavy (non-hydrogen) atoms. The third-order valence-corrected chi connectivity index (χ3v) is 4.42. The highest BCUT2D eigenvalue weighted by molar-refractivity contribution is 7.99. The van der Waals surface area contributed by atoms with Crippen LogP contribution in [-0.2, 0) is 4.79 Å². The van der Waals surface area contributed by atoms with Gasteiger partial charge in [-0.25, -0.2) is 0 Å². The van der Waals surface area contributed by atoms with Gasteiger partial charge >= 0.3 is 0 Å². The normalized spacial score (nSPS) is 20.4. The average Bonchev–Trinajstić information content (AvgIpc) is 2.39. The second-order valence-corrected chi connectivity index (χ2v) is 5.82. The van der Waals surface area contributed by atoms with Crippen molar-refractivity contribution in [2.75, 3.05) is 50.8 Å². The Balaban J connectivity index is 2.16. The summed E-state index contributed by atoms with van der Waals surface area (Å²) in [7, 11) is 0. The van der Waals surface area contributed by atoms with Crippen molar-refractivity contribution in [3.63, 3.8) is 0 Å². The van der Waals surface area contributed by atoms with Crippen molar-refractivity contribution in [1.29, 1.82) is 0 Å². The largest absolute Gasteiger partial charge is 0.337 e. The van der Waals surface area contributed by atoms with Crippen molar-refractivity contribution < 1.29 is 4.79 Å². The van der Waals surface area contributed by atoms with E-state index in [0.717, 1.165) is 45.0 Å². The zero-order chi connectivity index (χ0) is 13.4. The first-order chi connectivity index (χ1) is 8.69. The average molecular weight is 273 g/mol. The number of nitrogens with one attached hydrogen (secondary N) is 1. The van der Waals surface area contributed by atoms with Crippen LogP contribution in [0, 0.1) is 0 Å². The molecule has 0 unspecified atom stereocenters. The third-order valence-electron chi connectivity index (χ3n) is 3.49. The van der Waals surface area contributed by atoms with Crippen molar-refractivity contribution in [2.24, 2.45) is 0 Å². The molecule has 1 atom stereocenters. The Labute approximate surface area is 115 Å². The van der Waals surface area contributed by atoms with E-state index in [2.05, 4.69) is 31.0 Å². The summed E-state index contributed by atoms with van der Waals surface area (Å²) in [6.45, 7) is 12.5. The maximum absolute atomic E-state index is 12.1. The van der Waals surface area contributed by atoms with Gasteiger partial charge in [-0.15, -0.1) is 0 Å². The van der Waals surface area contributed by atoms with E-state index in [9.17, 15) is 4.79 Å². The molecule has 106 valence electrons. The fourth-order valence-corrected chi connectivity index (χ4v) is 3.06. The summed E-state index contributed by atoms with van der Waals surface area (Å²) in [5.74, 6) is 1.98. The lowest BCUT2D eigenvalue weighted by molar-refractivity contribution is -0.131. The zero-order valence-electron chi connectivity index (χ0n) is 11.9. The molecule has 0 spiro atoms. The molecule has 0 saturated carbocycles. The summed E-state index contributed by atoms with van der Waals surface area (Å²) in [6.07, 6.45) is 0. The Bertz CT molecular complexity index is 246. The minimum atomic E-state index is 0.300. The van der Waals surface area contributed by atoms with Gasteiger partial charge in [-0.05, 0) is 20.0 Å². The summed E-state index contributed by atoms with van der Waals surface area (Å²) in [6, 6.07) is 0.342. The maximum Gasteiger partial charge on any atom is 0.232 e. The first-order valence-corrected chi connectivity index (χ1v) is 8.14. The van der Waals surface area contributed by atoms with Gasteiger partial charge in [0.2, 0.25) is 5.91 Å². The molecule has 1 aliphatic rings. The molecule has 1 fully saturated rings. The van der Waals surface area contributed by atoms with Gasteiger partial charge in [0.15, 0.2) is 0 Å². The number of nitrogens with zero attached hydrogens (tertiary/aromatic N) is 2. The number of amides is 1. The van der Waals surface area contributed by atoms with Crippen LogP contribution in [0.5, 0.6) is 0 Å². The topological polar surface area (TPSA) is 35.6 Å². The highest BCUT2D eigenvalue weighted by atomic mass is 32.2. The molecule has 1 N–H and O–H groups in total. The van der Waals surface area contributed by atoms with E-state index < -0.39 is 0 Å². The summed E-state index contributed by atoms with van der Waals surface area (Å²) in [4.78, 5) is 16.5. The fraction of sp³-hybridized carbons (Fsp3) is 0.923. The molecule has 0 radical (unpaired) electrons. The number of hydrogen-bond acceptors (Lipinski definition) is 4. The van der Waals surface area contributed by atoms with Crippen LogP contribution >= 0.6 is 11.8 Å². The van der Waals surface area contributed by atoms with Gasteiger partial charge in [-0.2, -0.15) is 11.8 Å². The van der Waals surface area contributed by atoms with Crippen LogP contribution in [0.2, 0.25) is 0 Å². The Kier molecular flexibility index (Phi) is 7.70. The number of carbonyl (C=O) groups excluding carboxylic acids is 1. The van der Waals surface area contributed by atoms with Crippen LogP contribution in [0.15, 0.2) is 0 Å². The number of rotatable bonds is 7. The second-order valence-electron chi connectivity index (χ2n) is 4.72. The summed E-state index contributed by atoms with van der Waals surface area (Å²) < 4.78 is 0. The molecule has 1 amide bonds. The minimum Gasteiger partial charge on any atom is -0.337 e. The van der Waals surface area contributed by atoms with Crippen molar-refractivity contribution in [3.8, 4) is 0 Å². The first-order valence-electron chi connectivity index (χ1n) is 6.99. The van der Waals surface area contributed by atoms with Gasteiger partial charge in [-0.3, -0.25) is 4.79 Å². The van der Waals surface area contributed by atoms with Crippen LogP contribution in [-0.4, -0.2) is 72.5 Å². The Morgan fingerprint density at radius 1 is 1.44 bits per heavy atom. The molecular formula is C13H27N3OS. The van der Waals surface area contributed by atoms with E-state index in [1.54, 1.807) is 11.8 Å². The minimum absolute atomic E-state index is 0.300. The summed E-state index contributed by atoms with van der Waals surface area (Å²) in [5.41, 5.74) is 0. The Hall–Kier alpha value is -0.260. The molecule has 0 bridgehead atoms. The van der Waals surface area contributed by atoms with E-state index in [0.29, 0.717) is 17.7 Å². The lowest BCUT2D eigenvalue weighted by Crippen LogP contribution is -2.52. The predicted octanol–water partition coefficient (Wildman–Crippen LogP) is 0.882. The SMILES string of the molecule is CCN(CC)CCSCC(=O)N1CCNC[C@H]1C. The Morgan fingerprint density at radius 2 is 2.17 bits per heavy atom. The van der Waals surface area contributed by atoms with Crippen molar-refractivity contribution in [1.82, 2.24) is 15.1 Å². The standard InChI is InChI=1S/C13H27N3OS/c1-4-15(5-2)8-9-18-11-13(17)16-7-6-14-10-12(16)3/h12,14H,4-11H2,1-3H3/t12-/m1/s1. The quantitative estimate of drug-likeness (QED) is 0.699. The van der Waals surface area contributed by atoms with E-state index in [4.69, 9.17) is 0 Å². The van der Waals surface area contributed by atoms with Gasteiger partial charge in [-0.1, -0.05) is 13.8 Å². The van der Waals surface area contributed by atoms with Gasteiger partial charge in [0.25, 0.3) is 0 Å². The van der Waals surface area contributed by atoms with Crippen LogP contribution in [0.4, 0.5) is 0 Å². The van der Waals surface area contributed by atoms with E-state index in [1.807, 2.05) is 4.90 Å². The fourth-order valence-electron chi connectivity index (χ4n) is 2.19. The van der Waals surface area contributed by atoms with E-state index >= 15 is 0 Å². The monoisotopic (exact) mass is 273 g/mol. The summed E-state index contributed by atoms with van der Waals surface area (Å²) >= 11 is 1.76. The number of thioether (sulfide) groups is 1. The lowest BCUT2D eigenvalue weighted by Gasteiger charge is -2.34. The molecule has 4 nitrogen and oxygen atoms in total. The molecule has 1 aliphatic heterocycles. The highest BCUT2D eigenvalue weighted by Crippen LogP contribution is 2.08. The van der Waals surface area contributed by atoms with Gasteiger partial charge in [0.1, 0.15) is 0 Å². The lowest BCUT2D eigenvalue weighted by atomic mass is 10.2. The van der Waals surface area contributed by atoms with Gasteiger partial charge in [0.05, 0.1) is 5.75 Å². The van der Waals surface area contributed by atoms with Crippen molar-refractivity contribution in [2.45, 2.75) is 26.8 Å². The molecule has 0 aliphatic carbocycles. The molecule has 5 heteroatoms. The third kappa shape index (κ3) is 5.16. The predicted molar refractivity (Wildman–Crippen MR) is 79.2 cm³/mol. The van der Waals surface area contributed by atoms with Gasteiger partial charge < -0.3 is 15.1 Å². The number of hydrogen-bond donors (Lipinski definition) is 1. The van der Waals surface area contributed by atoms with Crippen LogP contribution in [0.1, 0.15) is 20.8 Å². The van der Waals surface area contributed by atoms with E-state index in [-0.39, 0.29) is 0 Å². The summed E-state index contributed by atoms with van der Waals surface area (Å²) in [5, 5.41) is 3.31. The molecule has 1 heterocycles. The zero-order valence-corrected chi connectivity index (χ0v) is 12.8. The molecule has 1 saturated heterocycles. The van der Waals surface area contributed by atoms with Crippen LogP contribution in [0.25, 0.3) is 0 Å². The first kappa shape index (κ1) is 15.8.